The first kappa shape index (κ1) is 15.5. The summed E-state index contributed by atoms with van der Waals surface area (Å²) < 4.78 is 15.5. The van der Waals surface area contributed by atoms with Gasteiger partial charge in [0.1, 0.15) is 17.1 Å². The molecule has 1 aliphatic rings. The van der Waals surface area contributed by atoms with E-state index in [-0.39, 0.29) is 17.6 Å². The van der Waals surface area contributed by atoms with E-state index in [1.807, 2.05) is 0 Å². The van der Waals surface area contributed by atoms with Crippen LogP contribution in [0, 0.1) is 11.7 Å². The van der Waals surface area contributed by atoms with Gasteiger partial charge in [-0.25, -0.2) is 4.39 Å². The number of aromatic nitrogens is 2. The van der Waals surface area contributed by atoms with Gasteiger partial charge in [0, 0.05) is 18.8 Å². The Bertz CT molecular complexity index is 705. The molecule has 6 nitrogen and oxygen atoms in total. The quantitative estimate of drug-likeness (QED) is 0.797. The second kappa shape index (κ2) is 6.00. The maximum atomic E-state index is 13.8. The lowest BCUT2D eigenvalue weighted by molar-refractivity contribution is 0.0234. The van der Waals surface area contributed by atoms with E-state index in [1.165, 1.54) is 12.1 Å². The Labute approximate surface area is 132 Å². The van der Waals surface area contributed by atoms with Crippen LogP contribution in [0.2, 0.25) is 0 Å². The number of rotatable bonds is 4. The van der Waals surface area contributed by atoms with Gasteiger partial charge >= 0.3 is 0 Å². The number of phenolic OH excluding ortho intramolecular Hbond substituents is 1. The fraction of sp³-hybridized carbons (Fsp3) is 0.375. The first-order valence-electron chi connectivity index (χ1n) is 7.40. The molecule has 0 unspecified atom stereocenters. The third-order valence-electron chi connectivity index (χ3n) is 4.21. The molecule has 0 saturated heterocycles. The van der Waals surface area contributed by atoms with Crippen LogP contribution in [-0.4, -0.2) is 32.0 Å². The highest BCUT2D eigenvalue weighted by molar-refractivity contribution is 5.97. The number of hydrogen-bond donors (Lipinski definition) is 3. The van der Waals surface area contributed by atoms with Crippen molar-refractivity contribution in [3.63, 3.8) is 0 Å². The van der Waals surface area contributed by atoms with E-state index < -0.39 is 23.5 Å². The topological polar surface area (TPSA) is 87.4 Å². The van der Waals surface area contributed by atoms with Crippen LogP contribution in [0.1, 0.15) is 34.8 Å². The first-order valence-corrected chi connectivity index (χ1v) is 7.40. The number of benzene rings is 1. The van der Waals surface area contributed by atoms with Crippen molar-refractivity contribution in [3.8, 4) is 5.75 Å². The Morgan fingerprint density at radius 3 is 2.78 bits per heavy atom. The molecule has 0 spiro atoms. The monoisotopic (exact) mass is 319 g/mol. The molecular weight excluding hydrogens is 301 g/mol. The standard InChI is InChI=1S/C16H18FN3O3/c1-20-8-10(7-18-20)15(9-5-11(21)6-9)19-16(23)14-12(17)3-2-4-13(14)22/h2-4,7-9,11,15,21-22H,5-6H2,1H3,(H,19,23)/t9?,11?,15-/m0/s1. The number of nitrogens with one attached hydrogen (secondary N) is 1. The normalized spacial score (nSPS) is 21.5. The lowest BCUT2D eigenvalue weighted by Crippen LogP contribution is -2.41. The van der Waals surface area contributed by atoms with Crippen LogP contribution in [0.15, 0.2) is 30.6 Å². The van der Waals surface area contributed by atoms with Crippen molar-refractivity contribution in [1.29, 1.82) is 0 Å². The molecule has 3 rings (SSSR count). The van der Waals surface area contributed by atoms with Gasteiger partial charge in [0.05, 0.1) is 18.3 Å². The fourth-order valence-corrected chi connectivity index (χ4v) is 2.93. The number of phenols is 1. The van der Waals surface area contributed by atoms with Gasteiger partial charge in [-0.05, 0) is 30.9 Å². The van der Waals surface area contributed by atoms with Crippen molar-refractivity contribution in [1.82, 2.24) is 15.1 Å². The number of aliphatic hydroxyl groups is 1. The molecule has 1 amide bonds. The smallest absolute Gasteiger partial charge is 0.258 e. The molecule has 3 N–H and O–H groups in total. The number of carbonyl (C=O) groups is 1. The van der Waals surface area contributed by atoms with E-state index in [4.69, 9.17) is 0 Å². The van der Waals surface area contributed by atoms with E-state index in [0.717, 1.165) is 11.6 Å². The predicted octanol–water partition coefficient (Wildman–Crippen LogP) is 1.51. The zero-order valence-corrected chi connectivity index (χ0v) is 12.6. The molecule has 0 aliphatic heterocycles. The van der Waals surface area contributed by atoms with Gasteiger partial charge < -0.3 is 15.5 Å². The van der Waals surface area contributed by atoms with Crippen LogP contribution in [0.3, 0.4) is 0 Å². The molecule has 1 atom stereocenters. The zero-order chi connectivity index (χ0) is 16.6. The summed E-state index contributed by atoms with van der Waals surface area (Å²) in [6.45, 7) is 0. The Kier molecular flexibility index (Phi) is 4.04. The highest BCUT2D eigenvalue weighted by Crippen LogP contribution is 2.38. The van der Waals surface area contributed by atoms with Gasteiger partial charge in [-0.15, -0.1) is 0 Å². The molecule has 2 aromatic rings. The summed E-state index contributed by atoms with van der Waals surface area (Å²) in [6, 6.07) is 3.34. The van der Waals surface area contributed by atoms with Crippen LogP contribution in [0.25, 0.3) is 0 Å². The number of nitrogens with zero attached hydrogens (tertiary/aromatic N) is 2. The van der Waals surface area contributed by atoms with Crippen molar-refractivity contribution in [3.05, 3.63) is 47.5 Å². The van der Waals surface area contributed by atoms with Gasteiger partial charge in [-0.1, -0.05) is 6.07 Å². The number of aliphatic hydroxyl groups excluding tert-OH is 1. The van der Waals surface area contributed by atoms with Crippen LogP contribution >= 0.6 is 0 Å². The predicted molar refractivity (Wildman–Crippen MR) is 80.2 cm³/mol. The average Bonchev–Trinajstić information content (AvgIpc) is 2.88. The van der Waals surface area contributed by atoms with Gasteiger partial charge in [-0.2, -0.15) is 5.10 Å². The summed E-state index contributed by atoms with van der Waals surface area (Å²) in [6.07, 6.45) is 4.15. The summed E-state index contributed by atoms with van der Waals surface area (Å²) in [5, 5.41) is 26.1. The number of aryl methyl sites for hydroxylation is 1. The molecule has 7 heteroatoms. The molecule has 1 aromatic heterocycles. The van der Waals surface area contributed by atoms with E-state index >= 15 is 0 Å². The minimum atomic E-state index is -0.777. The van der Waals surface area contributed by atoms with Gasteiger partial charge in [0.2, 0.25) is 0 Å². The minimum absolute atomic E-state index is 0.0482. The van der Waals surface area contributed by atoms with Gasteiger partial charge in [0.15, 0.2) is 0 Å². The second-order valence-corrected chi connectivity index (χ2v) is 5.92. The molecule has 1 saturated carbocycles. The van der Waals surface area contributed by atoms with Crippen molar-refractivity contribution < 1.29 is 19.4 Å². The van der Waals surface area contributed by atoms with Crippen LogP contribution in [0.5, 0.6) is 5.75 Å². The Hall–Kier alpha value is -2.41. The molecule has 1 aromatic carbocycles. The van der Waals surface area contributed by atoms with Crippen molar-refractivity contribution in [2.24, 2.45) is 13.0 Å². The maximum absolute atomic E-state index is 13.8. The summed E-state index contributed by atoms with van der Waals surface area (Å²) in [4.78, 5) is 12.4. The van der Waals surface area contributed by atoms with E-state index in [2.05, 4.69) is 10.4 Å². The van der Waals surface area contributed by atoms with Crippen LogP contribution in [0.4, 0.5) is 4.39 Å². The summed E-state index contributed by atoms with van der Waals surface area (Å²) in [7, 11) is 1.76. The lowest BCUT2D eigenvalue weighted by atomic mass is 9.75. The molecule has 23 heavy (non-hydrogen) atoms. The van der Waals surface area contributed by atoms with Crippen LogP contribution in [-0.2, 0) is 7.05 Å². The number of hydrogen-bond acceptors (Lipinski definition) is 4. The summed E-state index contributed by atoms with van der Waals surface area (Å²) in [5.41, 5.74) is 0.412. The lowest BCUT2D eigenvalue weighted by Gasteiger charge is -2.37. The van der Waals surface area contributed by atoms with Gasteiger partial charge in [0.25, 0.3) is 5.91 Å². The van der Waals surface area contributed by atoms with Crippen molar-refractivity contribution in [2.75, 3.05) is 0 Å². The third kappa shape index (κ3) is 3.05. The summed E-state index contributed by atoms with van der Waals surface area (Å²) >= 11 is 0. The van der Waals surface area contributed by atoms with Crippen LogP contribution < -0.4 is 5.32 Å². The Balaban J connectivity index is 1.85. The van der Waals surface area contributed by atoms with E-state index in [9.17, 15) is 19.4 Å². The Morgan fingerprint density at radius 1 is 1.48 bits per heavy atom. The van der Waals surface area contributed by atoms with E-state index in [0.29, 0.717) is 12.8 Å². The maximum Gasteiger partial charge on any atom is 0.258 e. The zero-order valence-electron chi connectivity index (χ0n) is 12.6. The largest absolute Gasteiger partial charge is 0.507 e. The third-order valence-corrected chi connectivity index (χ3v) is 4.21. The number of carbonyl (C=O) groups excluding carboxylic acids is 1. The molecule has 122 valence electrons. The second-order valence-electron chi connectivity index (χ2n) is 5.92. The number of halogens is 1. The number of aromatic hydroxyl groups is 1. The Morgan fingerprint density at radius 2 is 2.22 bits per heavy atom. The molecule has 1 fully saturated rings. The number of amides is 1. The molecule has 1 heterocycles. The molecule has 1 aliphatic carbocycles. The van der Waals surface area contributed by atoms with Gasteiger partial charge in [-0.3, -0.25) is 9.48 Å². The fourth-order valence-electron chi connectivity index (χ4n) is 2.93. The van der Waals surface area contributed by atoms with Crippen molar-refractivity contribution >= 4 is 5.91 Å². The highest BCUT2D eigenvalue weighted by atomic mass is 19.1. The minimum Gasteiger partial charge on any atom is -0.507 e. The highest BCUT2D eigenvalue weighted by Gasteiger charge is 2.36. The summed E-state index contributed by atoms with van der Waals surface area (Å²) in [5.74, 6) is -1.81. The average molecular weight is 319 g/mol. The molecule has 0 radical (unpaired) electrons. The SMILES string of the molecule is Cn1cc([C@@H](NC(=O)c2c(O)cccc2F)C2CC(O)C2)cn1. The van der Waals surface area contributed by atoms with E-state index in [1.54, 1.807) is 24.1 Å². The first-order chi connectivity index (χ1) is 11.0. The molecule has 0 bridgehead atoms. The van der Waals surface area contributed by atoms with Crippen molar-refractivity contribution in [2.45, 2.75) is 25.0 Å². The molecular formula is C16H18FN3O3.